The number of fused-ring (bicyclic) bond motifs is 1. The lowest BCUT2D eigenvalue weighted by atomic mass is 10.3. The summed E-state index contributed by atoms with van der Waals surface area (Å²) in [7, 11) is 0. The van der Waals surface area contributed by atoms with Crippen molar-refractivity contribution in [2.45, 2.75) is 6.54 Å². The van der Waals surface area contributed by atoms with Gasteiger partial charge in [-0.1, -0.05) is 34.6 Å². The number of nitrogens with one attached hydrogen (secondary N) is 1. The number of hydrogen-bond donors (Lipinski definition) is 1. The van der Waals surface area contributed by atoms with Crippen LogP contribution in [0.1, 0.15) is 0 Å². The first-order chi connectivity index (χ1) is 10.7. The molecule has 1 amide bonds. The summed E-state index contributed by atoms with van der Waals surface area (Å²) in [5, 5.41) is 2.89. The van der Waals surface area contributed by atoms with Crippen molar-refractivity contribution in [3.05, 3.63) is 65.9 Å². The third-order valence-corrected chi connectivity index (χ3v) is 3.90. The highest BCUT2D eigenvalue weighted by Crippen LogP contribution is 2.14. The third-order valence-electron chi connectivity index (χ3n) is 3.37. The molecule has 5 heteroatoms. The molecule has 1 heterocycles. The second-order valence-electron chi connectivity index (χ2n) is 4.88. The number of nitrogens with zero attached hydrogens (tertiary/aromatic N) is 2. The van der Waals surface area contributed by atoms with Crippen molar-refractivity contribution in [1.29, 1.82) is 0 Å². The Morgan fingerprint density at radius 2 is 1.95 bits per heavy atom. The molecule has 22 heavy (non-hydrogen) atoms. The van der Waals surface area contributed by atoms with Crippen molar-refractivity contribution in [3.8, 4) is 0 Å². The number of anilines is 1. The van der Waals surface area contributed by atoms with Gasteiger partial charge in [-0.05, 0) is 36.4 Å². The molecule has 4 nitrogen and oxygen atoms in total. The van der Waals surface area contributed by atoms with Crippen LogP contribution in [0.2, 0.25) is 0 Å². The summed E-state index contributed by atoms with van der Waals surface area (Å²) in [6.45, 7) is 4.04. The van der Waals surface area contributed by atoms with Crippen molar-refractivity contribution in [2.75, 3.05) is 5.32 Å². The first-order valence-electron chi connectivity index (χ1n) is 6.84. The number of benzene rings is 2. The average Bonchev–Trinajstić information content (AvgIpc) is 2.88. The fourth-order valence-corrected chi connectivity index (χ4v) is 2.62. The number of imidazole rings is 1. The van der Waals surface area contributed by atoms with Gasteiger partial charge in [0.2, 0.25) is 6.33 Å². The topological polar surface area (TPSA) is 37.9 Å². The molecule has 0 unspecified atom stereocenters. The predicted octanol–water partition coefficient (Wildman–Crippen LogP) is 3.43. The van der Waals surface area contributed by atoms with E-state index in [0.717, 1.165) is 21.2 Å². The van der Waals surface area contributed by atoms with Gasteiger partial charge in [0.25, 0.3) is 5.91 Å². The molecular weight excluding hydrogens is 342 g/mol. The molecule has 0 radical (unpaired) electrons. The summed E-state index contributed by atoms with van der Waals surface area (Å²) in [5.41, 5.74) is 2.79. The van der Waals surface area contributed by atoms with Gasteiger partial charge in [-0.3, -0.25) is 4.79 Å². The first-order valence-corrected chi connectivity index (χ1v) is 7.63. The minimum absolute atomic E-state index is 0.0701. The molecule has 0 bridgehead atoms. The minimum Gasteiger partial charge on any atom is -0.323 e. The average molecular weight is 357 g/mol. The Hall–Kier alpha value is -2.40. The van der Waals surface area contributed by atoms with Crippen molar-refractivity contribution < 1.29 is 9.36 Å². The highest BCUT2D eigenvalue weighted by molar-refractivity contribution is 9.10. The quantitative estimate of drug-likeness (QED) is 0.714. The molecule has 110 valence electrons. The Morgan fingerprint density at radius 1 is 1.23 bits per heavy atom. The molecule has 0 atom stereocenters. The minimum atomic E-state index is -0.0701. The summed E-state index contributed by atoms with van der Waals surface area (Å²) < 4.78 is 4.79. The maximum atomic E-state index is 12.2. The van der Waals surface area contributed by atoms with E-state index in [1.54, 1.807) is 6.20 Å². The van der Waals surface area contributed by atoms with Crippen LogP contribution < -0.4 is 9.88 Å². The fraction of sp³-hybridized carbons (Fsp3) is 0.0588. The van der Waals surface area contributed by atoms with Crippen LogP contribution in [-0.4, -0.2) is 10.5 Å². The van der Waals surface area contributed by atoms with Gasteiger partial charge in [0.05, 0.1) is 6.20 Å². The van der Waals surface area contributed by atoms with Crippen LogP contribution in [0.3, 0.4) is 0 Å². The van der Waals surface area contributed by atoms with E-state index in [4.69, 9.17) is 0 Å². The van der Waals surface area contributed by atoms with Gasteiger partial charge in [0, 0.05) is 10.2 Å². The Balaban J connectivity index is 1.82. The van der Waals surface area contributed by atoms with E-state index in [1.807, 2.05) is 64.0 Å². The van der Waals surface area contributed by atoms with Gasteiger partial charge >= 0.3 is 0 Å². The summed E-state index contributed by atoms with van der Waals surface area (Å²) in [6.07, 6.45) is 3.60. The third kappa shape index (κ3) is 2.94. The van der Waals surface area contributed by atoms with Crippen LogP contribution >= 0.6 is 15.9 Å². The highest BCUT2D eigenvalue weighted by atomic mass is 79.9. The van der Waals surface area contributed by atoms with Crippen LogP contribution in [0, 0.1) is 0 Å². The van der Waals surface area contributed by atoms with Crippen LogP contribution in [-0.2, 0) is 11.3 Å². The summed E-state index contributed by atoms with van der Waals surface area (Å²) >= 11 is 3.37. The molecule has 0 aliphatic rings. The van der Waals surface area contributed by atoms with Crippen molar-refractivity contribution in [3.63, 3.8) is 0 Å². The second-order valence-corrected chi connectivity index (χ2v) is 5.79. The highest BCUT2D eigenvalue weighted by Gasteiger charge is 2.16. The molecule has 1 N–H and O–H groups in total. The Morgan fingerprint density at radius 3 is 2.68 bits per heavy atom. The zero-order valence-electron chi connectivity index (χ0n) is 11.9. The molecule has 0 aliphatic carbocycles. The number of rotatable bonds is 4. The Kier molecular flexibility index (Phi) is 4.06. The summed E-state index contributed by atoms with van der Waals surface area (Å²) in [6, 6.07) is 15.4. The van der Waals surface area contributed by atoms with E-state index in [2.05, 4.69) is 27.8 Å². The number of hydrogen-bond acceptors (Lipinski definition) is 1. The van der Waals surface area contributed by atoms with E-state index in [-0.39, 0.29) is 12.5 Å². The first kappa shape index (κ1) is 14.5. The maximum Gasteiger partial charge on any atom is 0.266 e. The smallest absolute Gasteiger partial charge is 0.266 e. The Bertz CT molecular complexity index is 837. The van der Waals surface area contributed by atoms with Crippen molar-refractivity contribution >= 4 is 44.8 Å². The van der Waals surface area contributed by atoms with Crippen LogP contribution in [0.25, 0.3) is 17.2 Å². The van der Waals surface area contributed by atoms with Crippen molar-refractivity contribution in [2.24, 2.45) is 0 Å². The second kappa shape index (κ2) is 6.15. The normalized spacial score (nSPS) is 10.6. The largest absolute Gasteiger partial charge is 0.323 e. The lowest BCUT2D eigenvalue weighted by Crippen LogP contribution is -2.39. The molecule has 0 saturated heterocycles. The van der Waals surface area contributed by atoms with Gasteiger partial charge < -0.3 is 5.32 Å². The molecular formula is C17H15BrN3O+. The molecule has 3 aromatic rings. The van der Waals surface area contributed by atoms with Gasteiger partial charge in [0.15, 0.2) is 17.6 Å². The van der Waals surface area contributed by atoms with Gasteiger partial charge in [-0.15, -0.1) is 0 Å². The van der Waals surface area contributed by atoms with E-state index in [9.17, 15) is 4.79 Å². The molecule has 0 spiro atoms. The molecule has 3 rings (SSSR count). The van der Waals surface area contributed by atoms with E-state index in [1.165, 1.54) is 0 Å². The molecule has 0 aliphatic heterocycles. The fourth-order valence-electron chi connectivity index (χ4n) is 2.36. The standard InChI is InChI=1S/C17H14BrN3O/c1-2-20-12-21(16-6-4-3-5-15(16)20)11-17(22)19-14-9-7-13(18)8-10-14/h2-10,12H,1,11H2/p+1. The molecule has 2 aromatic carbocycles. The molecule has 0 fully saturated rings. The lowest BCUT2D eigenvalue weighted by Gasteiger charge is -2.03. The number of amides is 1. The van der Waals surface area contributed by atoms with Crippen LogP contribution in [0.4, 0.5) is 5.69 Å². The number of halogens is 1. The number of para-hydroxylation sites is 2. The van der Waals surface area contributed by atoms with Crippen LogP contribution in [0.15, 0.2) is 65.9 Å². The molecule has 0 saturated carbocycles. The zero-order chi connectivity index (χ0) is 15.5. The van der Waals surface area contributed by atoms with E-state index < -0.39 is 0 Å². The maximum absolute atomic E-state index is 12.2. The monoisotopic (exact) mass is 356 g/mol. The lowest BCUT2D eigenvalue weighted by molar-refractivity contribution is -0.658. The molecule has 1 aromatic heterocycles. The summed E-state index contributed by atoms with van der Waals surface area (Å²) in [4.78, 5) is 12.2. The number of carbonyl (C=O) groups is 1. The SMILES string of the molecule is C=Cn1c[n+](CC(=O)Nc2ccc(Br)cc2)c2ccccc21. The van der Waals surface area contributed by atoms with E-state index >= 15 is 0 Å². The van der Waals surface area contributed by atoms with Crippen molar-refractivity contribution in [1.82, 2.24) is 4.57 Å². The zero-order valence-corrected chi connectivity index (χ0v) is 13.5. The van der Waals surface area contributed by atoms with E-state index in [0.29, 0.717) is 0 Å². The van der Waals surface area contributed by atoms with Gasteiger partial charge in [-0.25, -0.2) is 9.13 Å². The predicted molar refractivity (Wildman–Crippen MR) is 91.3 cm³/mol. The van der Waals surface area contributed by atoms with Gasteiger partial charge in [0.1, 0.15) is 0 Å². The number of carbonyl (C=O) groups excluding carboxylic acids is 1. The number of aromatic nitrogens is 2. The van der Waals surface area contributed by atoms with Gasteiger partial charge in [-0.2, -0.15) is 0 Å². The Labute approximate surface area is 136 Å². The summed E-state index contributed by atoms with van der Waals surface area (Å²) in [5.74, 6) is -0.0701. The van der Waals surface area contributed by atoms with Crippen LogP contribution in [0.5, 0.6) is 0 Å².